The molecule has 0 spiro atoms. The Morgan fingerprint density at radius 1 is 0.871 bits per heavy atom. The highest BCUT2D eigenvalue weighted by Crippen LogP contribution is 2.34. The predicted molar refractivity (Wildman–Crippen MR) is 126 cm³/mol. The number of hydrogen-bond donors (Lipinski definition) is 1. The van der Waals surface area contributed by atoms with E-state index in [9.17, 15) is 0 Å². The van der Waals surface area contributed by atoms with Gasteiger partial charge in [-0.25, -0.2) is 0 Å². The Bertz CT molecular complexity index is 922. The summed E-state index contributed by atoms with van der Waals surface area (Å²) in [6.07, 6.45) is 0.935. The molecular formula is C27H32N2O2. The smallest absolute Gasteiger partial charge is 0.160 e. The van der Waals surface area contributed by atoms with Gasteiger partial charge >= 0.3 is 0 Å². The molecule has 0 aliphatic carbocycles. The summed E-state index contributed by atoms with van der Waals surface area (Å²) >= 11 is 0. The zero-order valence-corrected chi connectivity index (χ0v) is 18.6. The fraction of sp³-hybridized carbons (Fsp3) is 0.333. The molecule has 0 bridgehead atoms. The Kier molecular flexibility index (Phi) is 6.90. The molecule has 0 amide bonds. The van der Waals surface area contributed by atoms with E-state index in [1.807, 2.05) is 6.07 Å². The molecule has 1 aliphatic heterocycles. The van der Waals surface area contributed by atoms with Crippen molar-refractivity contribution >= 4 is 0 Å². The second-order valence-corrected chi connectivity index (χ2v) is 8.17. The predicted octanol–water partition coefficient (Wildman–Crippen LogP) is 4.70. The van der Waals surface area contributed by atoms with E-state index >= 15 is 0 Å². The van der Waals surface area contributed by atoms with E-state index in [1.54, 1.807) is 14.2 Å². The van der Waals surface area contributed by atoms with E-state index in [0.717, 1.165) is 31.0 Å². The third-order valence-electron chi connectivity index (χ3n) is 6.29. The van der Waals surface area contributed by atoms with Crippen LogP contribution in [0.3, 0.4) is 0 Å². The second kappa shape index (κ2) is 9.99. The fourth-order valence-electron chi connectivity index (χ4n) is 4.72. The van der Waals surface area contributed by atoms with Crippen LogP contribution in [0.1, 0.15) is 29.7 Å². The van der Waals surface area contributed by atoms with Crippen LogP contribution in [-0.4, -0.2) is 44.3 Å². The number of benzene rings is 3. The van der Waals surface area contributed by atoms with Gasteiger partial charge in [0.25, 0.3) is 0 Å². The first kappa shape index (κ1) is 21.4. The van der Waals surface area contributed by atoms with Crippen LogP contribution in [0.5, 0.6) is 11.5 Å². The van der Waals surface area contributed by atoms with Crippen LogP contribution in [0.4, 0.5) is 0 Å². The van der Waals surface area contributed by atoms with Gasteiger partial charge in [0.15, 0.2) is 11.5 Å². The third kappa shape index (κ3) is 4.76. The van der Waals surface area contributed by atoms with Gasteiger partial charge in [0, 0.05) is 25.2 Å². The van der Waals surface area contributed by atoms with E-state index in [4.69, 9.17) is 9.47 Å². The first-order valence-electron chi connectivity index (χ1n) is 11.0. The van der Waals surface area contributed by atoms with E-state index in [0.29, 0.717) is 12.1 Å². The number of nitrogens with one attached hydrogen (secondary N) is 1. The van der Waals surface area contributed by atoms with Gasteiger partial charge < -0.3 is 14.8 Å². The quantitative estimate of drug-likeness (QED) is 0.605. The lowest BCUT2D eigenvalue weighted by atomic mass is 9.90. The van der Waals surface area contributed by atoms with Crippen molar-refractivity contribution in [1.82, 2.24) is 10.2 Å². The largest absolute Gasteiger partial charge is 0.493 e. The lowest BCUT2D eigenvalue weighted by molar-refractivity contribution is 0.0939. The molecule has 3 aromatic rings. The SMILES string of the molecule is COc1ccc(CC2C(C)NCCN2C(c2ccccc2)c2ccccc2)cc1OC. The molecule has 4 rings (SSSR count). The lowest BCUT2D eigenvalue weighted by Crippen LogP contribution is -2.58. The van der Waals surface area contributed by atoms with Gasteiger partial charge in [0.2, 0.25) is 0 Å². The van der Waals surface area contributed by atoms with Crippen LogP contribution >= 0.6 is 0 Å². The average Bonchev–Trinajstić information content (AvgIpc) is 2.82. The summed E-state index contributed by atoms with van der Waals surface area (Å²) in [7, 11) is 3.37. The molecule has 1 heterocycles. The number of nitrogens with zero attached hydrogens (tertiary/aromatic N) is 1. The van der Waals surface area contributed by atoms with Crippen LogP contribution in [0.2, 0.25) is 0 Å². The van der Waals surface area contributed by atoms with Crippen LogP contribution in [0.15, 0.2) is 78.9 Å². The van der Waals surface area contributed by atoms with Gasteiger partial charge in [-0.05, 0) is 42.2 Å². The van der Waals surface area contributed by atoms with Crippen molar-refractivity contribution in [3.05, 3.63) is 95.6 Å². The normalized spacial score (nSPS) is 19.4. The van der Waals surface area contributed by atoms with E-state index in [1.165, 1.54) is 16.7 Å². The molecule has 0 saturated carbocycles. The lowest BCUT2D eigenvalue weighted by Gasteiger charge is -2.45. The molecule has 31 heavy (non-hydrogen) atoms. The van der Waals surface area contributed by atoms with Crippen molar-refractivity contribution in [3.8, 4) is 11.5 Å². The molecule has 1 N–H and O–H groups in total. The summed E-state index contributed by atoms with van der Waals surface area (Å²) in [6, 6.07) is 28.9. The molecule has 162 valence electrons. The molecular weight excluding hydrogens is 384 g/mol. The van der Waals surface area contributed by atoms with Crippen molar-refractivity contribution in [2.24, 2.45) is 0 Å². The molecule has 4 heteroatoms. The summed E-state index contributed by atoms with van der Waals surface area (Å²) in [5.41, 5.74) is 3.92. The van der Waals surface area contributed by atoms with Crippen molar-refractivity contribution in [3.63, 3.8) is 0 Å². The Morgan fingerprint density at radius 3 is 2.06 bits per heavy atom. The van der Waals surface area contributed by atoms with E-state index < -0.39 is 0 Å². The maximum absolute atomic E-state index is 5.55. The highest BCUT2D eigenvalue weighted by atomic mass is 16.5. The maximum Gasteiger partial charge on any atom is 0.160 e. The summed E-state index contributed by atoms with van der Waals surface area (Å²) in [5.74, 6) is 1.55. The van der Waals surface area contributed by atoms with Gasteiger partial charge in [-0.2, -0.15) is 0 Å². The minimum Gasteiger partial charge on any atom is -0.493 e. The zero-order valence-electron chi connectivity index (χ0n) is 18.6. The summed E-state index contributed by atoms with van der Waals surface area (Å²) in [5, 5.41) is 3.69. The van der Waals surface area contributed by atoms with Crippen LogP contribution in [0, 0.1) is 0 Å². The minimum absolute atomic E-state index is 0.220. The van der Waals surface area contributed by atoms with E-state index in [2.05, 4.69) is 89.9 Å². The standard InChI is InChI=1S/C27H32N2O2/c1-20-24(18-21-14-15-25(30-2)26(19-21)31-3)29(17-16-28-20)27(22-10-6-4-7-11-22)23-12-8-5-9-13-23/h4-15,19-20,24,27-28H,16-18H2,1-3H3. The third-order valence-corrected chi connectivity index (χ3v) is 6.29. The summed E-state index contributed by atoms with van der Waals surface area (Å²) in [6.45, 7) is 4.28. The van der Waals surface area contributed by atoms with Crippen molar-refractivity contribution < 1.29 is 9.47 Å². The maximum atomic E-state index is 5.55. The minimum atomic E-state index is 0.220. The molecule has 1 aliphatic rings. The highest BCUT2D eigenvalue weighted by molar-refractivity contribution is 5.43. The topological polar surface area (TPSA) is 33.7 Å². The Balaban J connectivity index is 1.70. The molecule has 3 aromatic carbocycles. The Morgan fingerprint density at radius 2 is 1.48 bits per heavy atom. The van der Waals surface area contributed by atoms with Crippen LogP contribution in [0.25, 0.3) is 0 Å². The van der Waals surface area contributed by atoms with Gasteiger partial charge in [-0.3, -0.25) is 4.90 Å². The summed E-state index contributed by atoms with van der Waals surface area (Å²) < 4.78 is 11.0. The Hall–Kier alpha value is -2.82. The molecule has 2 atom stereocenters. The fourth-order valence-corrected chi connectivity index (χ4v) is 4.72. The molecule has 0 radical (unpaired) electrons. The molecule has 2 unspecified atom stereocenters. The van der Waals surface area contributed by atoms with Gasteiger partial charge in [-0.1, -0.05) is 66.7 Å². The highest BCUT2D eigenvalue weighted by Gasteiger charge is 2.34. The zero-order chi connectivity index (χ0) is 21.6. The first-order valence-corrected chi connectivity index (χ1v) is 11.0. The van der Waals surface area contributed by atoms with Gasteiger partial charge in [0.1, 0.15) is 0 Å². The average molecular weight is 417 g/mol. The van der Waals surface area contributed by atoms with Gasteiger partial charge in [0.05, 0.1) is 20.3 Å². The Labute approximate surface area is 185 Å². The molecule has 4 nitrogen and oxygen atoms in total. The molecule has 1 saturated heterocycles. The van der Waals surface area contributed by atoms with Gasteiger partial charge in [-0.15, -0.1) is 0 Å². The van der Waals surface area contributed by atoms with E-state index in [-0.39, 0.29) is 6.04 Å². The first-order chi connectivity index (χ1) is 15.2. The second-order valence-electron chi connectivity index (χ2n) is 8.17. The van der Waals surface area contributed by atoms with Crippen LogP contribution < -0.4 is 14.8 Å². The van der Waals surface area contributed by atoms with Crippen molar-refractivity contribution in [1.29, 1.82) is 0 Å². The van der Waals surface area contributed by atoms with Crippen molar-refractivity contribution in [2.45, 2.75) is 31.5 Å². The molecule has 0 aromatic heterocycles. The number of hydrogen-bond acceptors (Lipinski definition) is 4. The number of piperazine rings is 1. The molecule has 1 fully saturated rings. The summed E-state index contributed by atoms with van der Waals surface area (Å²) in [4.78, 5) is 2.67. The van der Waals surface area contributed by atoms with Crippen molar-refractivity contribution in [2.75, 3.05) is 27.3 Å². The number of methoxy groups -OCH3 is 2. The monoisotopic (exact) mass is 416 g/mol. The van der Waals surface area contributed by atoms with Crippen LogP contribution in [-0.2, 0) is 6.42 Å². The number of ether oxygens (including phenoxy) is 2. The number of rotatable bonds is 7.